The minimum Gasteiger partial charge on any atom is -0.487 e. The lowest BCUT2D eigenvalue weighted by Crippen LogP contribution is -2.51. The number of carbonyl (C=O) groups is 1. The zero-order valence-electron chi connectivity index (χ0n) is 18.1. The summed E-state index contributed by atoms with van der Waals surface area (Å²) < 4.78 is 8.46. The van der Waals surface area contributed by atoms with E-state index in [-0.39, 0.29) is 11.5 Å². The van der Waals surface area contributed by atoms with Gasteiger partial charge >= 0.3 is 0 Å². The van der Waals surface area contributed by atoms with E-state index in [0.29, 0.717) is 17.5 Å². The molecule has 0 radical (unpaired) electrons. The van der Waals surface area contributed by atoms with Crippen LogP contribution in [0.1, 0.15) is 45.1 Å². The van der Waals surface area contributed by atoms with Gasteiger partial charge in [-0.1, -0.05) is 31.5 Å². The van der Waals surface area contributed by atoms with Crippen LogP contribution in [-0.2, 0) is 11.2 Å². The van der Waals surface area contributed by atoms with Crippen LogP contribution in [-0.4, -0.2) is 38.9 Å². The Labute approximate surface area is 188 Å². The number of likely N-dealkylation sites (tertiary alicyclic amines) is 1. The van der Waals surface area contributed by atoms with Crippen molar-refractivity contribution in [1.29, 1.82) is 0 Å². The summed E-state index contributed by atoms with van der Waals surface area (Å²) in [6, 6.07) is 10.4. The third-order valence-corrected chi connectivity index (χ3v) is 7.05. The zero-order chi connectivity index (χ0) is 21.6. The summed E-state index contributed by atoms with van der Waals surface area (Å²) in [5.74, 6) is 1.65. The number of aromatic nitrogens is 2. The van der Waals surface area contributed by atoms with Crippen LogP contribution in [0.4, 0.5) is 0 Å². The molecule has 1 amide bonds. The van der Waals surface area contributed by atoms with E-state index in [1.807, 2.05) is 27.6 Å². The van der Waals surface area contributed by atoms with Crippen molar-refractivity contribution in [3.8, 4) is 16.9 Å². The zero-order valence-corrected chi connectivity index (χ0v) is 18.9. The summed E-state index contributed by atoms with van der Waals surface area (Å²) in [5, 5.41) is 0.668. The molecule has 1 aromatic carbocycles. The third kappa shape index (κ3) is 3.80. The summed E-state index contributed by atoms with van der Waals surface area (Å²) in [6.45, 7) is 5.78. The highest BCUT2D eigenvalue weighted by molar-refractivity contribution is 6.32. The Morgan fingerprint density at radius 3 is 2.77 bits per heavy atom. The molecule has 31 heavy (non-hydrogen) atoms. The van der Waals surface area contributed by atoms with Gasteiger partial charge in [-0.3, -0.25) is 9.20 Å². The van der Waals surface area contributed by atoms with Crippen LogP contribution in [0.15, 0.2) is 42.7 Å². The largest absolute Gasteiger partial charge is 0.487 e. The van der Waals surface area contributed by atoms with Crippen LogP contribution in [0.5, 0.6) is 5.75 Å². The number of benzene rings is 1. The molecule has 1 fully saturated rings. The van der Waals surface area contributed by atoms with Gasteiger partial charge in [0.05, 0.1) is 0 Å². The Morgan fingerprint density at radius 2 is 2.00 bits per heavy atom. The molecule has 0 unspecified atom stereocenters. The van der Waals surface area contributed by atoms with Gasteiger partial charge in [0.2, 0.25) is 5.91 Å². The van der Waals surface area contributed by atoms with E-state index in [1.54, 1.807) is 6.20 Å². The van der Waals surface area contributed by atoms with Gasteiger partial charge in [0, 0.05) is 50.3 Å². The van der Waals surface area contributed by atoms with Crippen molar-refractivity contribution in [3.63, 3.8) is 0 Å². The number of hydrogen-bond acceptors (Lipinski definition) is 3. The van der Waals surface area contributed by atoms with Crippen LogP contribution in [0, 0.1) is 5.92 Å². The highest BCUT2D eigenvalue weighted by atomic mass is 35.5. The molecule has 1 spiro atoms. The lowest BCUT2D eigenvalue weighted by atomic mass is 9.82. The van der Waals surface area contributed by atoms with Crippen molar-refractivity contribution in [3.05, 3.63) is 53.4 Å². The van der Waals surface area contributed by atoms with Gasteiger partial charge in [0.15, 0.2) is 0 Å². The Hall–Kier alpha value is -2.53. The van der Waals surface area contributed by atoms with Crippen LogP contribution >= 0.6 is 11.6 Å². The number of imidazole rings is 1. The molecule has 0 aliphatic carbocycles. The summed E-state index contributed by atoms with van der Waals surface area (Å²) in [7, 11) is 0. The minimum atomic E-state index is -0.142. The molecule has 0 N–H and O–H groups in total. The summed E-state index contributed by atoms with van der Waals surface area (Å²) in [4.78, 5) is 18.7. The van der Waals surface area contributed by atoms with E-state index >= 15 is 0 Å². The van der Waals surface area contributed by atoms with E-state index in [2.05, 4.69) is 37.0 Å². The molecule has 2 aromatic heterocycles. The van der Waals surface area contributed by atoms with E-state index in [4.69, 9.17) is 16.3 Å². The molecule has 0 atom stereocenters. The first-order valence-corrected chi connectivity index (χ1v) is 11.5. The number of aryl methyl sites for hydroxylation is 1. The van der Waals surface area contributed by atoms with Gasteiger partial charge in [-0.2, -0.15) is 0 Å². The second-order valence-electron chi connectivity index (χ2n) is 9.28. The Kier molecular flexibility index (Phi) is 5.17. The number of ether oxygens (including phenoxy) is 1. The number of halogens is 1. The molecule has 162 valence electrons. The highest BCUT2D eigenvalue weighted by Gasteiger charge is 2.40. The Balaban J connectivity index is 1.33. The number of fused-ring (bicyclic) bond motifs is 2. The van der Waals surface area contributed by atoms with E-state index in [1.165, 1.54) is 5.56 Å². The lowest BCUT2D eigenvalue weighted by molar-refractivity contribution is -0.135. The van der Waals surface area contributed by atoms with E-state index in [0.717, 1.165) is 61.3 Å². The summed E-state index contributed by atoms with van der Waals surface area (Å²) >= 11 is 6.65. The fourth-order valence-corrected chi connectivity index (χ4v) is 5.17. The van der Waals surface area contributed by atoms with Gasteiger partial charge in [-0.25, -0.2) is 4.98 Å². The number of hydrogen-bond donors (Lipinski definition) is 0. The third-order valence-electron chi connectivity index (χ3n) is 6.66. The van der Waals surface area contributed by atoms with E-state index < -0.39 is 0 Å². The molecule has 0 bridgehead atoms. The number of nitrogens with zero attached hydrogens (tertiary/aromatic N) is 3. The predicted octanol–water partition coefficient (Wildman–Crippen LogP) is 5.39. The number of rotatable bonds is 3. The van der Waals surface area contributed by atoms with Crippen molar-refractivity contribution in [1.82, 2.24) is 14.3 Å². The number of piperidine rings is 1. The first kappa shape index (κ1) is 20.4. The van der Waals surface area contributed by atoms with Gasteiger partial charge in [-0.05, 0) is 54.2 Å². The fourth-order valence-electron chi connectivity index (χ4n) is 4.86. The molecular formula is C25H28ClN3O2. The molecule has 4 heterocycles. The number of carbonyl (C=O) groups excluding carboxylic acids is 1. The van der Waals surface area contributed by atoms with Crippen molar-refractivity contribution in [2.24, 2.45) is 5.92 Å². The summed E-state index contributed by atoms with van der Waals surface area (Å²) in [5.41, 5.74) is 4.01. The molecule has 3 aromatic rings. The van der Waals surface area contributed by atoms with Gasteiger partial charge in [0.25, 0.3) is 0 Å². The van der Waals surface area contributed by atoms with Crippen molar-refractivity contribution in [2.75, 3.05) is 13.1 Å². The monoisotopic (exact) mass is 437 g/mol. The van der Waals surface area contributed by atoms with Crippen LogP contribution < -0.4 is 4.74 Å². The first-order valence-electron chi connectivity index (χ1n) is 11.2. The smallest absolute Gasteiger partial charge is 0.222 e. The van der Waals surface area contributed by atoms with Crippen molar-refractivity contribution < 1.29 is 9.53 Å². The van der Waals surface area contributed by atoms with Crippen molar-refractivity contribution >= 4 is 23.2 Å². The maximum Gasteiger partial charge on any atom is 0.222 e. The SMILES string of the molecule is CC(C)CC(=O)N1CCC2(CCc3cc(-c4ccc5nccn5c4Cl)ccc3O2)CC1. The maximum absolute atomic E-state index is 12.4. The Morgan fingerprint density at radius 1 is 1.19 bits per heavy atom. The van der Waals surface area contributed by atoms with Crippen LogP contribution in [0.2, 0.25) is 5.15 Å². The van der Waals surface area contributed by atoms with Crippen molar-refractivity contribution in [2.45, 2.75) is 51.6 Å². The molecule has 0 saturated carbocycles. The van der Waals surface area contributed by atoms with Gasteiger partial charge < -0.3 is 9.64 Å². The van der Waals surface area contributed by atoms with E-state index in [9.17, 15) is 4.79 Å². The second-order valence-corrected chi connectivity index (χ2v) is 9.64. The molecule has 5 nitrogen and oxygen atoms in total. The molecule has 2 aliphatic heterocycles. The minimum absolute atomic E-state index is 0.142. The summed E-state index contributed by atoms with van der Waals surface area (Å²) in [6.07, 6.45) is 8.05. The molecule has 5 rings (SSSR count). The molecule has 6 heteroatoms. The van der Waals surface area contributed by atoms with Crippen LogP contribution in [0.3, 0.4) is 0 Å². The predicted molar refractivity (Wildman–Crippen MR) is 123 cm³/mol. The quantitative estimate of drug-likeness (QED) is 0.516. The van der Waals surface area contributed by atoms with Gasteiger partial charge in [0.1, 0.15) is 22.2 Å². The molecule has 2 aliphatic rings. The standard InChI is InChI=1S/C25H28ClN3O2/c1-17(2)15-23(30)28-12-9-25(10-13-28)8-7-19-16-18(3-5-21(19)31-25)20-4-6-22-27-11-14-29(22)24(20)26/h3-6,11,14,16-17H,7-10,12-13,15H2,1-2H3. The fraction of sp³-hybridized carbons (Fsp3) is 0.440. The number of amides is 1. The first-order chi connectivity index (χ1) is 14.9. The average Bonchev–Trinajstić information content (AvgIpc) is 3.24. The topological polar surface area (TPSA) is 46.8 Å². The maximum atomic E-state index is 12.4. The average molecular weight is 438 g/mol. The van der Waals surface area contributed by atoms with Crippen LogP contribution in [0.25, 0.3) is 16.8 Å². The highest BCUT2D eigenvalue weighted by Crippen LogP contribution is 2.41. The second kappa shape index (κ2) is 7.86. The Bertz CT molecular complexity index is 1130. The van der Waals surface area contributed by atoms with Gasteiger partial charge in [-0.15, -0.1) is 0 Å². The normalized spacial score (nSPS) is 17.7. The number of pyridine rings is 1. The molecule has 1 saturated heterocycles. The lowest BCUT2D eigenvalue weighted by Gasteiger charge is -2.44. The molecular weight excluding hydrogens is 410 g/mol.